The Morgan fingerprint density at radius 3 is 2.65 bits per heavy atom. The van der Waals surface area contributed by atoms with Crippen LogP contribution in [0, 0.1) is 0 Å². The number of carboxylic acid groups (broad SMARTS) is 1. The van der Waals surface area contributed by atoms with Crippen LogP contribution in [0.25, 0.3) is 0 Å². The van der Waals surface area contributed by atoms with Gasteiger partial charge in [-0.15, -0.1) is 11.8 Å². The first kappa shape index (κ1) is 14.9. The minimum atomic E-state index is -1.01. The number of thioether (sulfide) groups is 1. The van der Waals surface area contributed by atoms with Crippen molar-refractivity contribution < 1.29 is 19.4 Å². The van der Waals surface area contributed by atoms with E-state index < -0.39 is 18.2 Å². The highest BCUT2D eigenvalue weighted by atomic mass is 32.2. The zero-order valence-electron chi connectivity index (χ0n) is 11.4. The van der Waals surface area contributed by atoms with Gasteiger partial charge in [0.15, 0.2) is 6.10 Å². The second-order valence-corrected chi connectivity index (χ2v) is 5.51. The lowest BCUT2D eigenvalue weighted by Gasteiger charge is -2.21. The SMILES string of the molecule is CSc1cccc(N(C)C(=O)[C@@H]2CC[C@H](C(=O)O)O2)c1. The molecule has 1 heterocycles. The van der Waals surface area contributed by atoms with E-state index in [1.54, 1.807) is 18.8 Å². The highest BCUT2D eigenvalue weighted by Gasteiger charge is 2.36. The van der Waals surface area contributed by atoms with Crippen LogP contribution < -0.4 is 4.90 Å². The van der Waals surface area contributed by atoms with Crippen LogP contribution in [0.1, 0.15) is 12.8 Å². The van der Waals surface area contributed by atoms with E-state index in [0.717, 1.165) is 10.6 Å². The van der Waals surface area contributed by atoms with Gasteiger partial charge in [-0.25, -0.2) is 4.79 Å². The molecule has 1 N–H and O–H groups in total. The summed E-state index contributed by atoms with van der Waals surface area (Å²) in [5.41, 5.74) is 0.782. The zero-order valence-corrected chi connectivity index (χ0v) is 12.2. The van der Waals surface area contributed by atoms with E-state index in [1.165, 1.54) is 4.90 Å². The molecule has 1 fully saturated rings. The van der Waals surface area contributed by atoms with Crippen LogP contribution in [-0.2, 0) is 14.3 Å². The first-order valence-corrected chi connectivity index (χ1v) is 7.55. The summed E-state index contributed by atoms with van der Waals surface area (Å²) in [6.45, 7) is 0. The van der Waals surface area contributed by atoms with Gasteiger partial charge in [-0.1, -0.05) is 6.07 Å². The number of ether oxygens (including phenoxy) is 1. The number of carbonyl (C=O) groups excluding carboxylic acids is 1. The van der Waals surface area contributed by atoms with Gasteiger partial charge in [-0.3, -0.25) is 4.79 Å². The number of rotatable bonds is 4. The summed E-state index contributed by atoms with van der Waals surface area (Å²) in [5, 5.41) is 8.88. The minimum Gasteiger partial charge on any atom is -0.479 e. The molecular weight excluding hydrogens is 278 g/mol. The fraction of sp³-hybridized carbons (Fsp3) is 0.429. The van der Waals surface area contributed by atoms with E-state index >= 15 is 0 Å². The largest absolute Gasteiger partial charge is 0.479 e. The first-order chi connectivity index (χ1) is 9.52. The Bertz CT molecular complexity index is 520. The fourth-order valence-corrected chi connectivity index (χ4v) is 2.62. The molecule has 108 valence electrons. The van der Waals surface area contributed by atoms with Gasteiger partial charge in [-0.2, -0.15) is 0 Å². The lowest BCUT2D eigenvalue weighted by atomic mass is 10.1. The summed E-state index contributed by atoms with van der Waals surface area (Å²) in [5.74, 6) is -1.21. The Hall–Kier alpha value is -1.53. The molecule has 0 spiro atoms. The molecule has 1 aromatic carbocycles. The van der Waals surface area contributed by atoms with Crippen LogP contribution in [0.4, 0.5) is 5.69 Å². The molecule has 2 atom stereocenters. The van der Waals surface area contributed by atoms with Crippen LogP contribution in [0.2, 0.25) is 0 Å². The van der Waals surface area contributed by atoms with Gasteiger partial charge in [0, 0.05) is 17.6 Å². The fourth-order valence-electron chi connectivity index (χ4n) is 2.16. The van der Waals surface area contributed by atoms with E-state index in [2.05, 4.69) is 0 Å². The van der Waals surface area contributed by atoms with E-state index in [1.807, 2.05) is 30.5 Å². The number of carbonyl (C=O) groups is 2. The number of anilines is 1. The molecule has 1 amide bonds. The van der Waals surface area contributed by atoms with Gasteiger partial charge < -0.3 is 14.7 Å². The third-order valence-electron chi connectivity index (χ3n) is 3.34. The predicted molar refractivity (Wildman–Crippen MR) is 77.2 cm³/mol. The molecule has 0 bridgehead atoms. The van der Waals surface area contributed by atoms with Crippen molar-refractivity contribution in [1.29, 1.82) is 0 Å². The summed E-state index contributed by atoms with van der Waals surface area (Å²) in [6, 6.07) is 7.63. The third kappa shape index (κ3) is 3.13. The van der Waals surface area contributed by atoms with Crippen molar-refractivity contribution >= 4 is 29.3 Å². The Balaban J connectivity index is 2.07. The number of nitrogens with zero attached hydrogens (tertiary/aromatic N) is 1. The van der Waals surface area contributed by atoms with Crippen LogP contribution in [0.5, 0.6) is 0 Å². The van der Waals surface area contributed by atoms with Crippen LogP contribution in [-0.4, -0.2) is 42.5 Å². The maximum Gasteiger partial charge on any atom is 0.332 e. The van der Waals surface area contributed by atoms with Crippen LogP contribution in [0.3, 0.4) is 0 Å². The molecule has 20 heavy (non-hydrogen) atoms. The van der Waals surface area contributed by atoms with Crippen molar-refractivity contribution in [2.75, 3.05) is 18.2 Å². The van der Waals surface area contributed by atoms with Gasteiger partial charge in [0.2, 0.25) is 0 Å². The molecule has 2 rings (SSSR count). The molecule has 0 radical (unpaired) electrons. The van der Waals surface area contributed by atoms with Crippen LogP contribution in [0.15, 0.2) is 29.2 Å². The van der Waals surface area contributed by atoms with Gasteiger partial charge in [0.25, 0.3) is 5.91 Å². The van der Waals surface area contributed by atoms with Crippen molar-refractivity contribution in [3.05, 3.63) is 24.3 Å². The number of hydrogen-bond acceptors (Lipinski definition) is 4. The molecule has 0 unspecified atom stereocenters. The third-order valence-corrected chi connectivity index (χ3v) is 4.07. The van der Waals surface area contributed by atoms with Gasteiger partial charge in [0.05, 0.1) is 0 Å². The molecule has 1 saturated heterocycles. The molecular formula is C14H17NO4S. The second-order valence-electron chi connectivity index (χ2n) is 4.63. The molecule has 0 aromatic heterocycles. The highest BCUT2D eigenvalue weighted by Crippen LogP contribution is 2.25. The zero-order chi connectivity index (χ0) is 14.7. The van der Waals surface area contributed by atoms with Crippen LogP contribution >= 0.6 is 11.8 Å². The van der Waals surface area contributed by atoms with E-state index in [0.29, 0.717) is 12.8 Å². The van der Waals surface area contributed by atoms with Crippen molar-refractivity contribution in [3.8, 4) is 0 Å². The molecule has 5 nitrogen and oxygen atoms in total. The van der Waals surface area contributed by atoms with Crippen molar-refractivity contribution in [1.82, 2.24) is 0 Å². The monoisotopic (exact) mass is 295 g/mol. The average Bonchev–Trinajstić information content (AvgIpc) is 2.95. The normalized spacial score (nSPS) is 21.7. The van der Waals surface area contributed by atoms with Crippen molar-refractivity contribution in [2.45, 2.75) is 29.9 Å². The number of amides is 1. The molecule has 1 aliphatic rings. The molecule has 6 heteroatoms. The Morgan fingerprint density at radius 2 is 2.05 bits per heavy atom. The standard InChI is InChI=1S/C14H17NO4S/c1-15(9-4-3-5-10(8-9)20-2)13(16)11-6-7-12(19-11)14(17)18/h3-5,8,11-12H,6-7H2,1-2H3,(H,17,18)/t11-,12+/m0/s1. The number of hydrogen-bond donors (Lipinski definition) is 1. The Kier molecular flexibility index (Phi) is 4.67. The summed E-state index contributed by atoms with van der Waals surface area (Å²) < 4.78 is 5.29. The van der Waals surface area contributed by atoms with Crippen molar-refractivity contribution in [3.63, 3.8) is 0 Å². The molecule has 0 aliphatic carbocycles. The Morgan fingerprint density at radius 1 is 1.35 bits per heavy atom. The number of benzene rings is 1. The molecule has 1 aromatic rings. The Labute approximate surface area is 121 Å². The maximum absolute atomic E-state index is 12.3. The van der Waals surface area contributed by atoms with E-state index in [-0.39, 0.29) is 5.91 Å². The lowest BCUT2D eigenvalue weighted by molar-refractivity contribution is -0.151. The number of carboxylic acids is 1. The van der Waals surface area contributed by atoms with E-state index in [9.17, 15) is 9.59 Å². The molecule has 0 saturated carbocycles. The van der Waals surface area contributed by atoms with Gasteiger partial charge >= 0.3 is 5.97 Å². The summed E-state index contributed by atoms with van der Waals surface area (Å²) >= 11 is 1.60. The molecule has 1 aliphatic heterocycles. The highest BCUT2D eigenvalue weighted by molar-refractivity contribution is 7.98. The van der Waals surface area contributed by atoms with Crippen molar-refractivity contribution in [2.24, 2.45) is 0 Å². The quantitative estimate of drug-likeness (QED) is 0.861. The summed E-state index contributed by atoms with van der Waals surface area (Å²) in [6.07, 6.45) is 1.26. The smallest absolute Gasteiger partial charge is 0.332 e. The topological polar surface area (TPSA) is 66.8 Å². The second kappa shape index (κ2) is 6.28. The number of likely N-dealkylation sites (N-methyl/N-ethyl adjacent to an activating group) is 1. The first-order valence-electron chi connectivity index (χ1n) is 6.33. The maximum atomic E-state index is 12.3. The summed E-state index contributed by atoms with van der Waals surface area (Å²) in [4.78, 5) is 25.7. The predicted octanol–water partition coefficient (Wildman–Crippen LogP) is 2.00. The van der Waals surface area contributed by atoms with Gasteiger partial charge in [-0.05, 0) is 37.3 Å². The van der Waals surface area contributed by atoms with E-state index in [4.69, 9.17) is 9.84 Å². The van der Waals surface area contributed by atoms with Gasteiger partial charge in [0.1, 0.15) is 6.10 Å². The minimum absolute atomic E-state index is 0.202. The lowest BCUT2D eigenvalue weighted by Crippen LogP contribution is -2.37. The summed E-state index contributed by atoms with van der Waals surface area (Å²) in [7, 11) is 1.68. The average molecular weight is 295 g/mol. The number of aliphatic carboxylic acids is 1.